The van der Waals surface area contributed by atoms with Gasteiger partial charge in [0.15, 0.2) is 12.4 Å². The molecule has 3 heterocycles. The first-order valence-electron chi connectivity index (χ1n) is 19.7. The van der Waals surface area contributed by atoms with Gasteiger partial charge in [-0.05, 0) is 66.8 Å². The first kappa shape index (κ1) is 46.9. The van der Waals surface area contributed by atoms with E-state index in [1.807, 2.05) is 12.1 Å². The summed E-state index contributed by atoms with van der Waals surface area (Å²) in [6.45, 7) is 11.9. The minimum atomic E-state index is -2.04. The number of methoxy groups -OCH3 is 1. The van der Waals surface area contributed by atoms with E-state index in [9.17, 15) is 39.6 Å². The second kappa shape index (κ2) is 19.3. The number of halogens is 1. The SMILES string of the molecule is COC1/C=C/OC2(C)Oc3c(C)c(O)c4c(O)c(cc(OCC(=O)Nc5ccc(I)cc5)c4c3C2=O)NC(=O)/C(C)=C/C=C/C(C)C(O)C(C)C(O)C(C)C(OC(C)=O)C1C. The maximum absolute atomic E-state index is 14.5. The number of benzene rings is 3. The summed E-state index contributed by atoms with van der Waals surface area (Å²) in [4.78, 5) is 53.6. The second-order valence-corrected chi connectivity index (χ2v) is 17.0. The molecule has 0 saturated heterocycles. The topological polar surface area (TPSA) is 219 Å². The van der Waals surface area contributed by atoms with Crippen LogP contribution in [-0.4, -0.2) is 87.9 Å². The molecular formula is C45H53IN2O13. The van der Waals surface area contributed by atoms with Gasteiger partial charge in [-0.25, -0.2) is 0 Å². The van der Waals surface area contributed by atoms with E-state index in [0.29, 0.717) is 5.69 Å². The van der Waals surface area contributed by atoms with Crippen LogP contribution < -0.4 is 20.1 Å². The number of hydrogen-bond donors (Lipinski definition) is 6. The third-order valence-electron chi connectivity index (χ3n) is 11.3. The van der Waals surface area contributed by atoms with E-state index in [0.717, 1.165) is 3.57 Å². The van der Waals surface area contributed by atoms with Crippen LogP contribution in [-0.2, 0) is 28.6 Å². The normalized spacial score (nSPS) is 29.1. The number of phenolic OH excluding ortho intramolecular Hbond substituents is 2. The summed E-state index contributed by atoms with van der Waals surface area (Å²) < 4.78 is 30.7. The molecule has 0 spiro atoms. The number of anilines is 2. The van der Waals surface area contributed by atoms with Gasteiger partial charge in [0, 0.05) is 76.5 Å². The van der Waals surface area contributed by atoms with Crippen LogP contribution in [0.3, 0.4) is 0 Å². The molecule has 0 aliphatic carbocycles. The highest BCUT2D eigenvalue weighted by Crippen LogP contribution is 2.54. The molecule has 6 N–H and O–H groups in total. The van der Waals surface area contributed by atoms with Gasteiger partial charge in [0.25, 0.3) is 17.6 Å². The number of ketones is 1. The molecule has 9 atom stereocenters. The molecule has 3 aromatic rings. The van der Waals surface area contributed by atoms with Crippen molar-refractivity contribution in [3.63, 3.8) is 0 Å². The number of ether oxygens (including phenoxy) is 5. The van der Waals surface area contributed by atoms with Gasteiger partial charge < -0.3 is 54.7 Å². The lowest BCUT2D eigenvalue weighted by molar-refractivity contribution is -0.160. The van der Waals surface area contributed by atoms with Gasteiger partial charge in [0.2, 0.25) is 0 Å². The van der Waals surface area contributed by atoms with Gasteiger partial charge in [-0.3, -0.25) is 19.2 Å². The maximum atomic E-state index is 14.5. The number of esters is 1. The van der Waals surface area contributed by atoms with Crippen molar-refractivity contribution in [2.75, 3.05) is 24.4 Å². The Balaban J connectivity index is 1.65. The predicted octanol–water partition coefficient (Wildman–Crippen LogP) is 6.67. The number of allylic oxidation sites excluding steroid dienone is 2. The smallest absolute Gasteiger partial charge is 0.312 e. The lowest BCUT2D eigenvalue weighted by Crippen LogP contribution is -2.46. The van der Waals surface area contributed by atoms with Crippen molar-refractivity contribution in [3.05, 3.63) is 81.2 Å². The first-order valence-corrected chi connectivity index (χ1v) is 20.8. The van der Waals surface area contributed by atoms with Gasteiger partial charge in [0.1, 0.15) is 23.4 Å². The van der Waals surface area contributed by atoms with E-state index in [1.165, 1.54) is 59.3 Å². The van der Waals surface area contributed by atoms with E-state index in [4.69, 9.17) is 23.7 Å². The number of nitrogens with one attached hydrogen (secondary N) is 2. The minimum absolute atomic E-state index is 0.0609. The number of fused-ring (bicyclic) bond motifs is 14. The number of rotatable bonds is 6. The molecule has 6 rings (SSSR count). The number of hydrogen-bond acceptors (Lipinski definition) is 13. The van der Waals surface area contributed by atoms with Crippen LogP contribution in [0.15, 0.2) is 66.5 Å². The van der Waals surface area contributed by atoms with E-state index < -0.39 is 95.5 Å². The van der Waals surface area contributed by atoms with Crippen LogP contribution in [0, 0.1) is 34.2 Å². The van der Waals surface area contributed by atoms with E-state index in [-0.39, 0.29) is 44.7 Å². The van der Waals surface area contributed by atoms with Gasteiger partial charge in [0.05, 0.1) is 41.2 Å². The minimum Gasteiger partial charge on any atom is -0.507 e. The highest BCUT2D eigenvalue weighted by molar-refractivity contribution is 14.1. The summed E-state index contributed by atoms with van der Waals surface area (Å²) in [7, 11) is 1.43. The highest BCUT2D eigenvalue weighted by atomic mass is 127. The van der Waals surface area contributed by atoms with Crippen LogP contribution >= 0.6 is 22.6 Å². The molecule has 15 nitrogen and oxygen atoms in total. The highest BCUT2D eigenvalue weighted by Gasteiger charge is 2.49. The predicted molar refractivity (Wildman–Crippen MR) is 235 cm³/mol. The molecule has 2 amide bonds. The molecule has 0 saturated carbocycles. The molecular weight excluding hydrogens is 903 g/mol. The number of carbonyl (C=O) groups excluding carboxylic acids is 4. The average molecular weight is 957 g/mol. The molecule has 3 aliphatic heterocycles. The zero-order valence-electron chi connectivity index (χ0n) is 35.4. The number of Topliss-reactive ketones (excluding diaryl/α,β-unsaturated/α-hetero) is 1. The zero-order chi connectivity index (χ0) is 45.1. The third-order valence-corrected chi connectivity index (χ3v) is 12.0. The summed E-state index contributed by atoms with van der Waals surface area (Å²) in [5, 5.41) is 51.2. The Bertz CT molecular complexity index is 2270. The van der Waals surface area contributed by atoms with Crippen LogP contribution in [0.5, 0.6) is 23.0 Å². The summed E-state index contributed by atoms with van der Waals surface area (Å²) >= 11 is 2.14. The van der Waals surface area contributed by atoms with Gasteiger partial charge in [-0.1, -0.05) is 45.9 Å². The van der Waals surface area contributed by atoms with Crippen molar-refractivity contribution < 1.29 is 63.3 Å². The first-order chi connectivity index (χ1) is 28.7. The second-order valence-electron chi connectivity index (χ2n) is 15.7. The Morgan fingerprint density at radius 3 is 2.26 bits per heavy atom. The van der Waals surface area contributed by atoms with E-state index in [2.05, 4.69) is 33.2 Å². The molecule has 0 radical (unpaired) electrons. The molecule has 3 aliphatic rings. The molecule has 16 heteroatoms. The molecule has 3 aromatic carbocycles. The lowest BCUT2D eigenvalue weighted by Gasteiger charge is -2.38. The van der Waals surface area contributed by atoms with Crippen molar-refractivity contribution in [2.45, 2.75) is 85.6 Å². The molecule has 5 bridgehead atoms. The number of amides is 2. The molecule has 9 unspecified atom stereocenters. The number of phenols is 2. The number of aromatic hydroxyl groups is 2. The molecule has 328 valence electrons. The molecule has 61 heavy (non-hydrogen) atoms. The Morgan fingerprint density at radius 1 is 0.951 bits per heavy atom. The monoisotopic (exact) mass is 956 g/mol. The third kappa shape index (κ3) is 9.98. The van der Waals surface area contributed by atoms with Crippen molar-refractivity contribution in [1.29, 1.82) is 0 Å². The standard InChI is InChI=1S/C45H53IN2O13/c1-21-11-10-12-22(2)44(56)48-30-19-32(58-20-33(50)47-29-15-13-28(46)14-16-29)34-35(40(30)54)39(53)26(6)42-36(34)43(55)45(8,61-42)59-18-17-31(57-9)23(3)41(60-27(7)49)25(5)38(52)24(4)37(21)51/h10-19,21,23-25,31,37-38,41,51-54H,20H2,1-9H3,(H,47,50)(H,48,56)/b11-10+,18-17+,22-12+. The van der Waals surface area contributed by atoms with Crippen molar-refractivity contribution >= 4 is 68.3 Å². The fourth-order valence-corrected chi connectivity index (χ4v) is 7.98. The lowest BCUT2D eigenvalue weighted by atomic mass is 9.78. The fraction of sp³-hybridized carbons (Fsp3) is 0.422. The number of aliphatic hydroxyl groups excluding tert-OH is 2. The largest absolute Gasteiger partial charge is 0.507 e. The Hall–Kier alpha value is -5.17. The van der Waals surface area contributed by atoms with Gasteiger partial charge >= 0.3 is 11.8 Å². The fourth-order valence-electron chi connectivity index (χ4n) is 7.62. The summed E-state index contributed by atoms with van der Waals surface area (Å²) in [6.07, 6.45) is 3.52. The summed E-state index contributed by atoms with van der Waals surface area (Å²) in [5.74, 6) is -8.42. The number of aliphatic hydroxyl groups is 2. The molecule has 0 aromatic heterocycles. The van der Waals surface area contributed by atoms with Crippen LogP contribution in [0.1, 0.15) is 64.4 Å². The summed E-state index contributed by atoms with van der Waals surface area (Å²) in [5.41, 5.74) is 0.413. The number of carbonyl (C=O) groups is 4. The van der Waals surface area contributed by atoms with Crippen molar-refractivity contribution in [2.24, 2.45) is 23.7 Å². The van der Waals surface area contributed by atoms with Crippen molar-refractivity contribution in [1.82, 2.24) is 0 Å². The van der Waals surface area contributed by atoms with Crippen LogP contribution in [0.4, 0.5) is 11.4 Å². The van der Waals surface area contributed by atoms with Crippen LogP contribution in [0.2, 0.25) is 0 Å². The van der Waals surface area contributed by atoms with Crippen LogP contribution in [0.25, 0.3) is 10.8 Å². The average Bonchev–Trinajstić information content (AvgIpc) is 3.48. The quantitative estimate of drug-likeness (QED) is 0.0865. The Kier molecular flexibility index (Phi) is 14.8. The Labute approximate surface area is 367 Å². The zero-order valence-corrected chi connectivity index (χ0v) is 37.6. The van der Waals surface area contributed by atoms with Gasteiger partial charge in [-0.15, -0.1) is 0 Å². The van der Waals surface area contributed by atoms with E-state index >= 15 is 0 Å². The Morgan fingerprint density at radius 2 is 1.62 bits per heavy atom. The van der Waals surface area contributed by atoms with Crippen molar-refractivity contribution in [3.8, 4) is 23.0 Å². The summed E-state index contributed by atoms with van der Waals surface area (Å²) in [6, 6.07) is 8.28. The van der Waals surface area contributed by atoms with Gasteiger partial charge in [-0.2, -0.15) is 0 Å². The van der Waals surface area contributed by atoms with E-state index in [1.54, 1.807) is 52.0 Å². The molecule has 0 fully saturated rings. The maximum Gasteiger partial charge on any atom is 0.312 e.